The Kier molecular flexibility index (Phi) is 4.86. The molecule has 0 spiro atoms. The van der Waals surface area contributed by atoms with E-state index >= 15 is 0 Å². The molecule has 130 valence electrons. The summed E-state index contributed by atoms with van der Waals surface area (Å²) in [5.41, 5.74) is 1.06. The van der Waals surface area contributed by atoms with Gasteiger partial charge in [-0.2, -0.15) is 0 Å². The minimum absolute atomic E-state index is 0.0103. The Hall–Kier alpha value is -1.39. The second kappa shape index (κ2) is 7.24. The third-order valence-electron chi connectivity index (χ3n) is 6.05. The lowest BCUT2D eigenvalue weighted by Gasteiger charge is -2.41. The quantitative estimate of drug-likeness (QED) is 0.863. The molecule has 3 saturated heterocycles. The van der Waals surface area contributed by atoms with Gasteiger partial charge in [0.05, 0.1) is 5.92 Å². The zero-order valence-electron chi connectivity index (χ0n) is 14.3. The zero-order chi connectivity index (χ0) is 16.4. The molecule has 3 atom stereocenters. The fourth-order valence-corrected chi connectivity index (χ4v) is 4.67. The molecule has 24 heavy (non-hydrogen) atoms. The van der Waals surface area contributed by atoms with E-state index in [0.717, 1.165) is 49.6 Å². The number of fused-ring (bicyclic) bond motifs is 2. The number of benzene rings is 1. The second-order valence-corrected chi connectivity index (χ2v) is 7.67. The monoisotopic (exact) mass is 328 g/mol. The number of nitrogens with zero attached hydrogens (tertiary/aromatic N) is 1. The summed E-state index contributed by atoms with van der Waals surface area (Å²) in [4.78, 5) is 14.9. The molecule has 0 radical (unpaired) electrons. The second-order valence-electron chi connectivity index (χ2n) is 7.67. The average Bonchev–Trinajstić information content (AvgIpc) is 2.98. The smallest absolute Gasteiger partial charge is 0.309 e. The van der Waals surface area contributed by atoms with Gasteiger partial charge in [0, 0.05) is 18.1 Å². The van der Waals surface area contributed by atoms with Gasteiger partial charge in [0.25, 0.3) is 0 Å². The van der Waals surface area contributed by atoms with Gasteiger partial charge in [-0.25, -0.2) is 0 Å². The molecule has 3 fully saturated rings. The fourth-order valence-electron chi connectivity index (χ4n) is 4.67. The Bertz CT molecular complexity index is 542. The van der Waals surface area contributed by atoms with Crippen molar-refractivity contribution in [2.75, 3.05) is 13.1 Å². The van der Waals surface area contributed by atoms with Crippen LogP contribution in [-0.4, -0.2) is 42.1 Å². The van der Waals surface area contributed by atoms with Crippen LogP contribution in [0.5, 0.6) is 0 Å². The summed E-state index contributed by atoms with van der Waals surface area (Å²) in [6, 6.07) is 12.1. The maximum Gasteiger partial charge on any atom is 0.309 e. The summed E-state index contributed by atoms with van der Waals surface area (Å²) in [7, 11) is 0. The molecule has 1 N–H and O–H groups in total. The van der Waals surface area contributed by atoms with Crippen LogP contribution in [0.4, 0.5) is 0 Å². The number of likely N-dealkylation sites (tertiary alicyclic amines) is 1. The SMILES string of the molecule is O=C(OCc1ccccc1)C1CCN([C@H]2C[C@H]3CC[C@@H](C2)N3)CC1. The van der Waals surface area contributed by atoms with E-state index in [-0.39, 0.29) is 11.9 Å². The normalized spacial score (nSPS) is 31.1. The van der Waals surface area contributed by atoms with Gasteiger partial charge in [0.1, 0.15) is 6.61 Å². The number of esters is 1. The fraction of sp³-hybridized carbons (Fsp3) is 0.650. The highest BCUT2D eigenvalue weighted by Crippen LogP contribution is 2.32. The zero-order valence-corrected chi connectivity index (χ0v) is 14.3. The van der Waals surface area contributed by atoms with Crippen LogP contribution in [0.15, 0.2) is 30.3 Å². The number of rotatable bonds is 4. The van der Waals surface area contributed by atoms with Gasteiger partial charge < -0.3 is 15.0 Å². The Balaban J connectivity index is 1.23. The Morgan fingerprint density at radius 3 is 2.38 bits per heavy atom. The third-order valence-corrected chi connectivity index (χ3v) is 6.05. The van der Waals surface area contributed by atoms with Crippen molar-refractivity contribution in [1.29, 1.82) is 0 Å². The molecule has 1 aromatic carbocycles. The molecule has 0 saturated carbocycles. The molecular weight excluding hydrogens is 300 g/mol. The highest BCUT2D eigenvalue weighted by Gasteiger charge is 2.37. The van der Waals surface area contributed by atoms with Gasteiger partial charge in [0.2, 0.25) is 0 Å². The largest absolute Gasteiger partial charge is 0.461 e. The molecule has 4 heteroatoms. The van der Waals surface area contributed by atoms with Crippen LogP contribution in [-0.2, 0) is 16.1 Å². The average molecular weight is 328 g/mol. The lowest BCUT2D eigenvalue weighted by molar-refractivity contribution is -0.151. The molecule has 3 aliphatic heterocycles. The lowest BCUT2D eigenvalue weighted by Crippen LogP contribution is -2.50. The minimum Gasteiger partial charge on any atom is -0.461 e. The minimum atomic E-state index is -0.0103. The summed E-state index contributed by atoms with van der Waals surface area (Å²) in [5.74, 6) is 0.0762. The van der Waals surface area contributed by atoms with Crippen LogP contribution in [0.1, 0.15) is 44.1 Å². The molecule has 0 aromatic heterocycles. The van der Waals surface area contributed by atoms with Crippen molar-refractivity contribution in [2.24, 2.45) is 5.92 Å². The number of carbonyl (C=O) groups excluding carboxylic acids is 1. The van der Waals surface area contributed by atoms with Gasteiger partial charge >= 0.3 is 5.97 Å². The maximum atomic E-state index is 12.3. The van der Waals surface area contributed by atoms with E-state index in [0.29, 0.717) is 6.61 Å². The standard InChI is InChI=1S/C20H28N2O2/c23-20(24-14-15-4-2-1-3-5-15)16-8-10-22(11-9-16)19-12-17-6-7-18(13-19)21-17/h1-5,16-19,21H,6-14H2/t17-,18+,19+. The predicted octanol–water partition coefficient (Wildman–Crippen LogP) is 2.72. The van der Waals surface area contributed by atoms with Crippen molar-refractivity contribution in [3.05, 3.63) is 35.9 Å². The van der Waals surface area contributed by atoms with Crippen molar-refractivity contribution in [2.45, 2.75) is 63.3 Å². The maximum absolute atomic E-state index is 12.3. The topological polar surface area (TPSA) is 41.6 Å². The molecule has 4 nitrogen and oxygen atoms in total. The van der Waals surface area contributed by atoms with Gasteiger partial charge in [-0.05, 0) is 57.2 Å². The van der Waals surface area contributed by atoms with E-state index in [4.69, 9.17) is 4.74 Å². The van der Waals surface area contributed by atoms with Gasteiger partial charge in [-0.3, -0.25) is 4.79 Å². The first kappa shape index (κ1) is 16.1. The van der Waals surface area contributed by atoms with Crippen molar-refractivity contribution in [1.82, 2.24) is 10.2 Å². The Morgan fingerprint density at radius 1 is 1.04 bits per heavy atom. The predicted molar refractivity (Wildman–Crippen MR) is 93.5 cm³/mol. The third kappa shape index (κ3) is 3.65. The van der Waals surface area contributed by atoms with Crippen LogP contribution < -0.4 is 5.32 Å². The van der Waals surface area contributed by atoms with E-state index in [1.165, 1.54) is 25.7 Å². The van der Waals surface area contributed by atoms with E-state index in [9.17, 15) is 4.79 Å². The van der Waals surface area contributed by atoms with Gasteiger partial charge in [-0.15, -0.1) is 0 Å². The number of ether oxygens (including phenoxy) is 1. The molecule has 4 rings (SSSR count). The van der Waals surface area contributed by atoms with Crippen LogP contribution in [0, 0.1) is 5.92 Å². The molecule has 0 aliphatic carbocycles. The molecule has 1 aromatic rings. The molecule has 0 amide bonds. The Morgan fingerprint density at radius 2 is 1.71 bits per heavy atom. The van der Waals surface area contributed by atoms with E-state index in [2.05, 4.69) is 10.2 Å². The summed E-state index contributed by atoms with van der Waals surface area (Å²) < 4.78 is 5.52. The first-order chi connectivity index (χ1) is 11.8. The van der Waals surface area contributed by atoms with Crippen LogP contribution in [0.3, 0.4) is 0 Å². The lowest BCUT2D eigenvalue weighted by atomic mass is 9.92. The summed E-state index contributed by atoms with van der Waals surface area (Å²) in [6.45, 7) is 2.50. The molecule has 2 bridgehead atoms. The number of hydrogen-bond acceptors (Lipinski definition) is 4. The first-order valence-corrected chi connectivity index (χ1v) is 9.48. The van der Waals surface area contributed by atoms with Crippen LogP contribution in [0.25, 0.3) is 0 Å². The summed E-state index contributed by atoms with van der Waals surface area (Å²) >= 11 is 0. The van der Waals surface area contributed by atoms with Crippen molar-refractivity contribution in [3.63, 3.8) is 0 Å². The van der Waals surface area contributed by atoms with Crippen molar-refractivity contribution in [3.8, 4) is 0 Å². The van der Waals surface area contributed by atoms with E-state index in [1.807, 2.05) is 30.3 Å². The highest BCUT2D eigenvalue weighted by atomic mass is 16.5. The number of hydrogen-bond donors (Lipinski definition) is 1. The summed E-state index contributed by atoms with van der Waals surface area (Å²) in [5, 5.41) is 3.72. The highest BCUT2D eigenvalue weighted by molar-refractivity contribution is 5.72. The molecule has 0 unspecified atom stereocenters. The van der Waals surface area contributed by atoms with Crippen LogP contribution in [0.2, 0.25) is 0 Å². The molecule has 3 heterocycles. The van der Waals surface area contributed by atoms with Crippen LogP contribution >= 0.6 is 0 Å². The van der Waals surface area contributed by atoms with Crippen molar-refractivity contribution < 1.29 is 9.53 Å². The molecular formula is C20H28N2O2. The number of piperidine rings is 2. The number of carbonyl (C=O) groups is 1. The van der Waals surface area contributed by atoms with E-state index < -0.39 is 0 Å². The van der Waals surface area contributed by atoms with E-state index in [1.54, 1.807) is 0 Å². The summed E-state index contributed by atoms with van der Waals surface area (Å²) in [6.07, 6.45) is 7.19. The Labute approximate surface area is 144 Å². The van der Waals surface area contributed by atoms with Gasteiger partial charge in [0.15, 0.2) is 0 Å². The van der Waals surface area contributed by atoms with Crippen molar-refractivity contribution >= 4 is 5.97 Å². The van der Waals surface area contributed by atoms with Gasteiger partial charge in [-0.1, -0.05) is 30.3 Å². The number of nitrogens with one attached hydrogen (secondary N) is 1. The molecule has 3 aliphatic rings. The first-order valence-electron chi connectivity index (χ1n) is 9.48.